The molecule has 0 bridgehead atoms. The number of anilines is 2. The van der Waals surface area contributed by atoms with E-state index in [2.05, 4.69) is 0 Å². The van der Waals surface area contributed by atoms with Gasteiger partial charge in [0.05, 0.1) is 11.6 Å². The molecule has 0 spiro atoms. The predicted molar refractivity (Wildman–Crippen MR) is 121 cm³/mol. The monoisotopic (exact) mass is 416 g/mol. The number of fused-ring (bicyclic) bond motifs is 1. The van der Waals surface area contributed by atoms with Crippen LogP contribution in [-0.2, 0) is 4.79 Å². The maximum atomic E-state index is 14.6. The van der Waals surface area contributed by atoms with Gasteiger partial charge in [-0.15, -0.1) is 0 Å². The van der Waals surface area contributed by atoms with E-state index < -0.39 is 11.7 Å². The van der Waals surface area contributed by atoms with Crippen molar-refractivity contribution >= 4 is 23.2 Å². The van der Waals surface area contributed by atoms with Crippen molar-refractivity contribution in [3.05, 3.63) is 95.8 Å². The summed E-state index contributed by atoms with van der Waals surface area (Å²) in [6.45, 7) is 3.84. The summed E-state index contributed by atoms with van der Waals surface area (Å²) in [4.78, 5) is 29.8. The Morgan fingerprint density at radius 1 is 0.968 bits per heavy atom. The van der Waals surface area contributed by atoms with E-state index >= 15 is 0 Å². The third-order valence-corrected chi connectivity index (χ3v) is 5.80. The van der Waals surface area contributed by atoms with E-state index in [0.29, 0.717) is 18.5 Å². The summed E-state index contributed by atoms with van der Waals surface area (Å²) < 4.78 is 14.6. The van der Waals surface area contributed by atoms with Crippen LogP contribution in [0.5, 0.6) is 0 Å². The molecule has 3 aromatic rings. The Morgan fingerprint density at radius 3 is 2.32 bits per heavy atom. The van der Waals surface area contributed by atoms with E-state index in [4.69, 9.17) is 0 Å². The van der Waals surface area contributed by atoms with Crippen LogP contribution in [-0.4, -0.2) is 17.9 Å². The van der Waals surface area contributed by atoms with Crippen LogP contribution in [0.3, 0.4) is 0 Å². The van der Waals surface area contributed by atoms with Crippen LogP contribution in [0.4, 0.5) is 15.8 Å². The molecular weight excluding hydrogens is 391 g/mol. The Bertz CT molecular complexity index is 1100. The number of hydrogen-bond acceptors (Lipinski definition) is 2. The molecule has 2 amide bonds. The molecule has 0 aliphatic carbocycles. The molecule has 3 aromatic carbocycles. The minimum Gasteiger partial charge on any atom is -0.309 e. The van der Waals surface area contributed by atoms with Crippen LogP contribution in [0.1, 0.15) is 48.7 Å². The molecule has 0 aromatic heterocycles. The number of para-hydroxylation sites is 2. The maximum Gasteiger partial charge on any atom is 0.261 e. The fraction of sp³-hybridized carbons (Fsp3) is 0.231. The van der Waals surface area contributed by atoms with Crippen LogP contribution < -0.4 is 9.80 Å². The highest BCUT2D eigenvalue weighted by atomic mass is 19.1. The highest BCUT2D eigenvalue weighted by molar-refractivity contribution is 6.07. The molecule has 1 aliphatic heterocycles. The van der Waals surface area contributed by atoms with Gasteiger partial charge in [0.2, 0.25) is 5.91 Å². The first-order chi connectivity index (χ1) is 15.0. The van der Waals surface area contributed by atoms with Crippen molar-refractivity contribution < 1.29 is 14.0 Å². The van der Waals surface area contributed by atoms with Gasteiger partial charge in [-0.3, -0.25) is 9.59 Å². The van der Waals surface area contributed by atoms with Crippen LogP contribution >= 0.6 is 0 Å². The van der Waals surface area contributed by atoms with Gasteiger partial charge in [-0.05, 0) is 49.2 Å². The molecule has 0 saturated carbocycles. The van der Waals surface area contributed by atoms with Gasteiger partial charge in [-0.2, -0.15) is 0 Å². The van der Waals surface area contributed by atoms with E-state index in [9.17, 15) is 14.0 Å². The molecule has 31 heavy (non-hydrogen) atoms. The summed E-state index contributed by atoms with van der Waals surface area (Å²) in [6.07, 6.45) is 0.956. The molecule has 0 N–H and O–H groups in total. The number of benzene rings is 3. The Balaban J connectivity index is 1.87. The second-order valence-corrected chi connectivity index (χ2v) is 7.77. The minimum atomic E-state index is -0.548. The van der Waals surface area contributed by atoms with Crippen LogP contribution in [0.15, 0.2) is 78.9 Å². The number of rotatable bonds is 4. The summed E-state index contributed by atoms with van der Waals surface area (Å²) in [7, 11) is 0. The second-order valence-electron chi connectivity index (χ2n) is 7.77. The van der Waals surface area contributed by atoms with Gasteiger partial charge in [0.15, 0.2) is 0 Å². The molecular formula is C26H25FN2O2. The lowest BCUT2D eigenvalue weighted by molar-refractivity contribution is -0.118. The Labute approximate surface area is 181 Å². The number of hydrogen-bond donors (Lipinski definition) is 0. The van der Waals surface area contributed by atoms with Crippen LogP contribution in [0.25, 0.3) is 0 Å². The normalized spacial score (nSPS) is 17.7. The summed E-state index contributed by atoms with van der Waals surface area (Å²) in [5.41, 5.74) is 2.41. The molecule has 0 fully saturated rings. The maximum absolute atomic E-state index is 14.6. The van der Waals surface area contributed by atoms with Gasteiger partial charge in [0, 0.05) is 23.8 Å². The van der Waals surface area contributed by atoms with Crippen molar-refractivity contribution in [3.8, 4) is 0 Å². The first kappa shape index (κ1) is 20.8. The second kappa shape index (κ2) is 8.72. The zero-order valence-corrected chi connectivity index (χ0v) is 17.7. The Hall–Kier alpha value is -3.47. The lowest BCUT2D eigenvalue weighted by atomic mass is 9.89. The van der Waals surface area contributed by atoms with Crippen LogP contribution in [0, 0.1) is 5.82 Å². The van der Waals surface area contributed by atoms with Crippen molar-refractivity contribution in [2.45, 2.75) is 38.8 Å². The van der Waals surface area contributed by atoms with E-state index in [-0.39, 0.29) is 23.6 Å². The number of nitrogens with zero attached hydrogens (tertiary/aromatic N) is 2. The van der Waals surface area contributed by atoms with Gasteiger partial charge in [0.25, 0.3) is 5.91 Å². The standard InChI is InChI=1S/C26H25FN2O2/c1-3-25(30)28-18(2)17-24(21-14-8-10-16-23(21)28)29(19-11-5-4-6-12-19)26(31)20-13-7-9-15-22(20)27/h4-16,18,24H,3,17H2,1-2H3/t18-,24-/m0/s1. The predicted octanol–water partition coefficient (Wildman–Crippen LogP) is 5.75. The quantitative estimate of drug-likeness (QED) is 0.543. The number of carbonyl (C=O) groups is 2. The average molecular weight is 416 g/mol. The molecule has 2 atom stereocenters. The highest BCUT2D eigenvalue weighted by Crippen LogP contribution is 2.43. The van der Waals surface area contributed by atoms with Crippen molar-refractivity contribution in [1.29, 1.82) is 0 Å². The zero-order valence-electron chi connectivity index (χ0n) is 17.7. The topological polar surface area (TPSA) is 40.6 Å². The Kier molecular flexibility index (Phi) is 5.85. The van der Waals surface area contributed by atoms with Crippen molar-refractivity contribution in [2.24, 2.45) is 0 Å². The lowest BCUT2D eigenvalue weighted by Crippen LogP contribution is -2.47. The van der Waals surface area contributed by atoms with Gasteiger partial charge in [0.1, 0.15) is 5.82 Å². The summed E-state index contributed by atoms with van der Waals surface area (Å²) >= 11 is 0. The number of halogens is 1. The summed E-state index contributed by atoms with van der Waals surface area (Å²) in [5, 5.41) is 0. The first-order valence-electron chi connectivity index (χ1n) is 10.6. The fourth-order valence-electron chi connectivity index (χ4n) is 4.37. The molecule has 0 radical (unpaired) electrons. The summed E-state index contributed by atoms with van der Waals surface area (Å²) in [5.74, 6) is -0.898. The van der Waals surface area contributed by atoms with Crippen molar-refractivity contribution in [2.75, 3.05) is 9.80 Å². The van der Waals surface area contributed by atoms with Crippen molar-refractivity contribution in [3.63, 3.8) is 0 Å². The third-order valence-electron chi connectivity index (χ3n) is 5.80. The lowest BCUT2D eigenvalue weighted by Gasteiger charge is -2.43. The summed E-state index contributed by atoms with van der Waals surface area (Å²) in [6, 6.07) is 22.6. The van der Waals surface area contributed by atoms with E-state index in [1.165, 1.54) is 12.1 Å². The molecule has 1 heterocycles. The largest absolute Gasteiger partial charge is 0.309 e. The SMILES string of the molecule is CCC(=O)N1c2ccccc2[C@@H](N(C(=O)c2ccccc2F)c2ccccc2)C[C@@H]1C. The van der Waals surface area contributed by atoms with E-state index in [0.717, 1.165) is 11.3 Å². The molecule has 1 aliphatic rings. The molecule has 158 valence electrons. The number of carbonyl (C=O) groups excluding carboxylic acids is 2. The van der Waals surface area contributed by atoms with Gasteiger partial charge < -0.3 is 9.80 Å². The third kappa shape index (κ3) is 3.83. The van der Waals surface area contributed by atoms with Gasteiger partial charge >= 0.3 is 0 Å². The highest BCUT2D eigenvalue weighted by Gasteiger charge is 2.38. The van der Waals surface area contributed by atoms with E-state index in [1.54, 1.807) is 17.0 Å². The van der Waals surface area contributed by atoms with Crippen molar-refractivity contribution in [1.82, 2.24) is 0 Å². The first-order valence-corrected chi connectivity index (χ1v) is 10.6. The van der Waals surface area contributed by atoms with Gasteiger partial charge in [-0.25, -0.2) is 4.39 Å². The molecule has 0 saturated heterocycles. The molecule has 4 rings (SSSR count). The van der Waals surface area contributed by atoms with Crippen LogP contribution in [0.2, 0.25) is 0 Å². The smallest absolute Gasteiger partial charge is 0.261 e. The fourth-order valence-corrected chi connectivity index (χ4v) is 4.37. The molecule has 5 heteroatoms. The molecule has 4 nitrogen and oxygen atoms in total. The Morgan fingerprint density at radius 2 is 1.61 bits per heavy atom. The average Bonchev–Trinajstić information content (AvgIpc) is 2.80. The number of amides is 2. The minimum absolute atomic E-state index is 0.0311. The zero-order chi connectivity index (χ0) is 22.0. The van der Waals surface area contributed by atoms with Gasteiger partial charge in [-0.1, -0.05) is 55.5 Å². The van der Waals surface area contributed by atoms with E-state index in [1.807, 2.05) is 73.3 Å². The molecule has 0 unspecified atom stereocenters.